The Hall–Kier alpha value is -2.34. The summed E-state index contributed by atoms with van der Waals surface area (Å²) >= 11 is 0. The second-order valence-electron chi connectivity index (χ2n) is 7.70. The van der Waals surface area contributed by atoms with Gasteiger partial charge in [0.15, 0.2) is 0 Å². The molecule has 0 saturated heterocycles. The lowest BCUT2D eigenvalue weighted by Gasteiger charge is -2.18. The molecule has 0 atom stereocenters. The van der Waals surface area contributed by atoms with E-state index in [1.165, 1.54) is 55.6 Å². The summed E-state index contributed by atoms with van der Waals surface area (Å²) < 4.78 is 0. The Morgan fingerprint density at radius 3 is 2.00 bits per heavy atom. The van der Waals surface area contributed by atoms with Crippen LogP contribution in [0.25, 0.3) is 22.3 Å². The second-order valence-corrected chi connectivity index (χ2v) is 7.70. The molecule has 0 fully saturated rings. The molecule has 0 N–H and O–H groups in total. The summed E-state index contributed by atoms with van der Waals surface area (Å²) in [7, 11) is 0. The van der Waals surface area contributed by atoms with Gasteiger partial charge in [-0.25, -0.2) is 0 Å². The third-order valence-corrected chi connectivity index (χ3v) is 5.38. The smallest absolute Gasteiger partial charge is 0.00639 e. The fourth-order valence-corrected chi connectivity index (χ4v) is 3.99. The standard InChI is InChI=1S/C27H31/c1-7-21-10-18(4)12-24(15-21)26-17-23(9-3)14-20(6)27(26)25-13-19(5)11-22(8-2)16-25/h10-15,17H,7-9H2,1-6H3. The van der Waals surface area contributed by atoms with Gasteiger partial charge in [-0.1, -0.05) is 74.4 Å². The molecule has 0 heterocycles. The van der Waals surface area contributed by atoms with Crippen LogP contribution in [0.3, 0.4) is 0 Å². The molecule has 0 spiro atoms. The van der Waals surface area contributed by atoms with Crippen LogP contribution in [-0.4, -0.2) is 0 Å². The summed E-state index contributed by atoms with van der Waals surface area (Å²) in [6, 6.07) is 19.9. The summed E-state index contributed by atoms with van der Waals surface area (Å²) in [5, 5.41) is 0. The largest absolute Gasteiger partial charge is 0.0613 e. The minimum atomic E-state index is 1.01. The maximum atomic E-state index is 3.68. The van der Waals surface area contributed by atoms with Crippen LogP contribution in [0.1, 0.15) is 54.2 Å². The van der Waals surface area contributed by atoms with E-state index in [1.807, 2.05) is 0 Å². The van der Waals surface area contributed by atoms with Gasteiger partial charge in [-0.05, 0) is 90.6 Å². The molecule has 0 aliphatic rings. The first-order valence-corrected chi connectivity index (χ1v) is 10.2. The molecule has 27 heavy (non-hydrogen) atoms. The van der Waals surface area contributed by atoms with Gasteiger partial charge in [0.2, 0.25) is 0 Å². The van der Waals surface area contributed by atoms with Crippen LogP contribution in [0.4, 0.5) is 0 Å². The van der Waals surface area contributed by atoms with Gasteiger partial charge in [-0.2, -0.15) is 0 Å². The molecule has 0 nitrogen and oxygen atoms in total. The maximum Gasteiger partial charge on any atom is -0.00639 e. The summed E-state index contributed by atoms with van der Waals surface area (Å²) in [5.74, 6) is 0. The van der Waals surface area contributed by atoms with E-state index in [1.54, 1.807) is 0 Å². The molecule has 3 rings (SSSR count). The van der Waals surface area contributed by atoms with Gasteiger partial charge in [0.1, 0.15) is 0 Å². The van der Waals surface area contributed by atoms with Crippen LogP contribution in [0.5, 0.6) is 0 Å². The normalized spacial score (nSPS) is 11.0. The molecular weight excluding hydrogens is 324 g/mol. The van der Waals surface area contributed by atoms with Gasteiger partial charge in [-0.3, -0.25) is 0 Å². The molecule has 0 amide bonds. The number of hydrogen-bond acceptors (Lipinski definition) is 0. The van der Waals surface area contributed by atoms with Gasteiger partial charge in [0, 0.05) is 0 Å². The number of aryl methyl sites for hydroxylation is 6. The quantitative estimate of drug-likeness (QED) is 0.446. The molecule has 139 valence electrons. The maximum absolute atomic E-state index is 3.68. The van der Waals surface area contributed by atoms with Gasteiger partial charge in [0.05, 0.1) is 0 Å². The van der Waals surface area contributed by atoms with Crippen LogP contribution in [-0.2, 0) is 19.3 Å². The van der Waals surface area contributed by atoms with Crippen molar-refractivity contribution in [1.29, 1.82) is 0 Å². The van der Waals surface area contributed by atoms with Gasteiger partial charge in [0.25, 0.3) is 0 Å². The number of hydrogen-bond donors (Lipinski definition) is 0. The number of benzene rings is 3. The minimum absolute atomic E-state index is 1.01. The highest BCUT2D eigenvalue weighted by Crippen LogP contribution is 2.37. The van der Waals surface area contributed by atoms with Gasteiger partial charge in [-0.15, -0.1) is 0 Å². The average Bonchev–Trinajstić information content (AvgIpc) is 2.66. The zero-order valence-corrected chi connectivity index (χ0v) is 17.7. The zero-order valence-electron chi connectivity index (χ0n) is 17.7. The molecule has 0 saturated carbocycles. The van der Waals surface area contributed by atoms with Crippen molar-refractivity contribution in [1.82, 2.24) is 0 Å². The summed E-state index contributed by atoms with van der Waals surface area (Å²) in [5.41, 5.74) is 13.3. The Morgan fingerprint density at radius 2 is 1.33 bits per heavy atom. The van der Waals surface area contributed by atoms with E-state index >= 15 is 0 Å². The SMILES string of the molecule is CCc1[c]c(-c2c(C)cc(CC)cc2-c2cc(C)cc(CC)c2)cc(C)c1. The summed E-state index contributed by atoms with van der Waals surface area (Å²) in [6.07, 6.45) is 3.13. The molecule has 3 aromatic rings. The van der Waals surface area contributed by atoms with Crippen molar-refractivity contribution in [2.45, 2.75) is 60.8 Å². The van der Waals surface area contributed by atoms with Crippen LogP contribution in [0.2, 0.25) is 0 Å². The van der Waals surface area contributed by atoms with Crippen molar-refractivity contribution in [3.8, 4) is 22.3 Å². The van der Waals surface area contributed by atoms with E-state index in [2.05, 4.69) is 90.1 Å². The minimum Gasteiger partial charge on any atom is -0.0613 e. The topological polar surface area (TPSA) is 0 Å². The van der Waals surface area contributed by atoms with E-state index in [-0.39, 0.29) is 0 Å². The summed E-state index contributed by atoms with van der Waals surface area (Å²) in [4.78, 5) is 0. The molecule has 3 aromatic carbocycles. The lowest BCUT2D eigenvalue weighted by Crippen LogP contribution is -1.96. The Balaban J connectivity index is 2.32. The molecule has 0 bridgehead atoms. The van der Waals surface area contributed by atoms with Crippen LogP contribution in [0.15, 0.2) is 42.5 Å². The Labute approximate surface area is 165 Å². The van der Waals surface area contributed by atoms with E-state index in [0.717, 1.165) is 19.3 Å². The monoisotopic (exact) mass is 355 g/mol. The van der Waals surface area contributed by atoms with Crippen molar-refractivity contribution in [3.05, 3.63) is 81.9 Å². The van der Waals surface area contributed by atoms with E-state index in [4.69, 9.17) is 0 Å². The lowest BCUT2D eigenvalue weighted by molar-refractivity contribution is 1.12. The highest BCUT2D eigenvalue weighted by Gasteiger charge is 2.14. The predicted molar refractivity (Wildman–Crippen MR) is 118 cm³/mol. The van der Waals surface area contributed by atoms with Crippen LogP contribution < -0.4 is 0 Å². The van der Waals surface area contributed by atoms with E-state index < -0.39 is 0 Å². The predicted octanol–water partition coefficient (Wildman–Crippen LogP) is 7.43. The van der Waals surface area contributed by atoms with Crippen LogP contribution >= 0.6 is 0 Å². The number of rotatable bonds is 5. The molecule has 0 aliphatic carbocycles. The first-order chi connectivity index (χ1) is 12.9. The fraction of sp³-hybridized carbons (Fsp3) is 0.333. The molecule has 1 radical (unpaired) electrons. The van der Waals surface area contributed by atoms with Crippen LogP contribution in [0, 0.1) is 26.8 Å². The third-order valence-electron chi connectivity index (χ3n) is 5.38. The van der Waals surface area contributed by atoms with Gasteiger partial charge >= 0.3 is 0 Å². The Morgan fingerprint density at radius 1 is 0.667 bits per heavy atom. The van der Waals surface area contributed by atoms with Crippen molar-refractivity contribution in [2.75, 3.05) is 0 Å². The molecule has 0 aliphatic heterocycles. The lowest BCUT2D eigenvalue weighted by atomic mass is 9.86. The van der Waals surface area contributed by atoms with Gasteiger partial charge < -0.3 is 0 Å². The summed E-state index contributed by atoms with van der Waals surface area (Å²) in [6.45, 7) is 13.3. The first-order valence-electron chi connectivity index (χ1n) is 10.2. The molecule has 0 unspecified atom stereocenters. The highest BCUT2D eigenvalue weighted by atomic mass is 14.2. The first kappa shape index (κ1) is 19.4. The van der Waals surface area contributed by atoms with E-state index in [9.17, 15) is 0 Å². The molecule has 0 aromatic heterocycles. The van der Waals surface area contributed by atoms with Crippen molar-refractivity contribution < 1.29 is 0 Å². The highest BCUT2D eigenvalue weighted by molar-refractivity contribution is 5.86. The average molecular weight is 356 g/mol. The second kappa shape index (κ2) is 8.13. The van der Waals surface area contributed by atoms with Crippen molar-refractivity contribution in [2.24, 2.45) is 0 Å². The third kappa shape index (κ3) is 4.16. The van der Waals surface area contributed by atoms with E-state index in [0.29, 0.717) is 0 Å². The molecular formula is C27H31. The van der Waals surface area contributed by atoms with Crippen molar-refractivity contribution in [3.63, 3.8) is 0 Å². The molecule has 0 heteroatoms. The zero-order chi connectivity index (χ0) is 19.6. The Kier molecular flexibility index (Phi) is 5.85. The Bertz CT molecular complexity index is 960. The van der Waals surface area contributed by atoms with Crippen molar-refractivity contribution >= 4 is 0 Å². The fourth-order valence-electron chi connectivity index (χ4n) is 3.99.